The third-order valence-electron chi connectivity index (χ3n) is 4.69. The molecule has 0 aliphatic carbocycles. The number of likely N-dealkylation sites (N-methyl/N-ethyl adjacent to an activating group) is 1. The molecule has 26 heavy (non-hydrogen) atoms. The lowest BCUT2D eigenvalue weighted by Gasteiger charge is -2.31. The van der Waals surface area contributed by atoms with E-state index in [0.717, 1.165) is 31.5 Å². The summed E-state index contributed by atoms with van der Waals surface area (Å²) in [7, 11) is 1.86. The molecule has 1 saturated heterocycles. The summed E-state index contributed by atoms with van der Waals surface area (Å²) in [5, 5.41) is 3.32. The fourth-order valence-electron chi connectivity index (χ4n) is 3.06. The molecule has 2 aromatic carbocycles. The second kappa shape index (κ2) is 9.25. The van der Waals surface area contributed by atoms with Crippen LogP contribution in [0.15, 0.2) is 54.6 Å². The van der Waals surface area contributed by atoms with Gasteiger partial charge in [0, 0.05) is 13.1 Å². The van der Waals surface area contributed by atoms with Crippen molar-refractivity contribution in [3.05, 3.63) is 60.2 Å². The minimum Gasteiger partial charge on any atom is -0.485 e. The Morgan fingerprint density at radius 3 is 2.31 bits per heavy atom. The van der Waals surface area contributed by atoms with Crippen LogP contribution in [0, 0.1) is 0 Å². The molecule has 0 radical (unpaired) electrons. The molecular formula is C21H26N2O3. The van der Waals surface area contributed by atoms with Gasteiger partial charge in [0.25, 0.3) is 5.91 Å². The summed E-state index contributed by atoms with van der Waals surface area (Å²) in [5.74, 6) is 1.24. The first-order valence-electron chi connectivity index (χ1n) is 9.09. The molecule has 0 bridgehead atoms. The lowest BCUT2D eigenvalue weighted by molar-refractivity contribution is -0.134. The first-order valence-corrected chi connectivity index (χ1v) is 9.09. The first-order chi connectivity index (χ1) is 12.7. The Morgan fingerprint density at radius 1 is 1.00 bits per heavy atom. The van der Waals surface area contributed by atoms with Crippen LogP contribution in [0.1, 0.15) is 18.4 Å². The average molecular weight is 354 g/mol. The number of ether oxygens (including phenoxy) is 2. The highest BCUT2D eigenvalue weighted by atomic mass is 16.5. The van der Waals surface area contributed by atoms with E-state index in [1.807, 2.05) is 66.5 Å². The van der Waals surface area contributed by atoms with E-state index in [4.69, 9.17) is 9.47 Å². The van der Waals surface area contributed by atoms with Crippen LogP contribution >= 0.6 is 0 Å². The van der Waals surface area contributed by atoms with Crippen LogP contribution in [0.2, 0.25) is 0 Å². The van der Waals surface area contributed by atoms with Gasteiger partial charge in [-0.3, -0.25) is 4.79 Å². The number of nitrogens with one attached hydrogen (secondary N) is 1. The molecule has 1 fully saturated rings. The fraction of sp³-hybridized carbons (Fsp3) is 0.381. The molecule has 0 unspecified atom stereocenters. The summed E-state index contributed by atoms with van der Waals surface area (Å²) in [6, 6.07) is 17.7. The van der Waals surface area contributed by atoms with E-state index >= 15 is 0 Å². The second-order valence-corrected chi connectivity index (χ2v) is 6.50. The SMILES string of the molecule is CN(C(=O)COc1ccccc1OCc1ccccc1)C1CCNCC1. The van der Waals surface area contributed by atoms with Gasteiger partial charge in [-0.1, -0.05) is 42.5 Å². The van der Waals surface area contributed by atoms with Gasteiger partial charge in [0.15, 0.2) is 18.1 Å². The molecule has 1 aliphatic rings. The third-order valence-corrected chi connectivity index (χ3v) is 4.69. The van der Waals surface area contributed by atoms with Gasteiger partial charge in [-0.2, -0.15) is 0 Å². The molecule has 138 valence electrons. The maximum absolute atomic E-state index is 12.4. The van der Waals surface area contributed by atoms with Crippen molar-refractivity contribution in [3.63, 3.8) is 0 Å². The van der Waals surface area contributed by atoms with Crippen LogP contribution in [0.5, 0.6) is 11.5 Å². The van der Waals surface area contributed by atoms with Crippen LogP contribution in [-0.2, 0) is 11.4 Å². The number of carbonyl (C=O) groups excluding carboxylic acids is 1. The predicted molar refractivity (Wildman–Crippen MR) is 101 cm³/mol. The van der Waals surface area contributed by atoms with Gasteiger partial charge < -0.3 is 19.7 Å². The molecule has 0 saturated carbocycles. The average Bonchev–Trinajstić information content (AvgIpc) is 2.72. The number of piperidine rings is 1. The van der Waals surface area contributed by atoms with Crippen LogP contribution in [0.25, 0.3) is 0 Å². The van der Waals surface area contributed by atoms with E-state index in [1.165, 1.54) is 0 Å². The van der Waals surface area contributed by atoms with Crippen LogP contribution in [0.3, 0.4) is 0 Å². The van der Waals surface area contributed by atoms with Crippen molar-refractivity contribution in [1.82, 2.24) is 10.2 Å². The summed E-state index contributed by atoms with van der Waals surface area (Å²) >= 11 is 0. The normalized spacial score (nSPS) is 14.7. The summed E-state index contributed by atoms with van der Waals surface area (Å²) in [6.07, 6.45) is 1.97. The smallest absolute Gasteiger partial charge is 0.260 e. The number of nitrogens with zero attached hydrogens (tertiary/aromatic N) is 1. The summed E-state index contributed by atoms with van der Waals surface area (Å²) in [6.45, 7) is 2.40. The zero-order valence-corrected chi connectivity index (χ0v) is 15.2. The Kier molecular flexibility index (Phi) is 6.50. The Morgan fingerprint density at radius 2 is 1.62 bits per heavy atom. The molecule has 1 aliphatic heterocycles. The fourth-order valence-corrected chi connectivity index (χ4v) is 3.06. The van der Waals surface area contributed by atoms with Crippen molar-refractivity contribution in [1.29, 1.82) is 0 Å². The summed E-state index contributed by atoms with van der Waals surface area (Å²) in [5.41, 5.74) is 1.09. The quantitative estimate of drug-likeness (QED) is 0.831. The highest BCUT2D eigenvalue weighted by molar-refractivity contribution is 5.78. The maximum atomic E-state index is 12.4. The highest BCUT2D eigenvalue weighted by Crippen LogP contribution is 2.27. The monoisotopic (exact) mass is 354 g/mol. The van der Waals surface area contributed by atoms with Crippen LogP contribution < -0.4 is 14.8 Å². The van der Waals surface area contributed by atoms with Gasteiger partial charge >= 0.3 is 0 Å². The zero-order valence-electron chi connectivity index (χ0n) is 15.2. The Balaban J connectivity index is 1.55. The molecule has 0 atom stereocenters. The number of rotatable bonds is 7. The summed E-state index contributed by atoms with van der Waals surface area (Å²) in [4.78, 5) is 14.3. The van der Waals surface area contributed by atoms with Crippen LogP contribution in [-0.4, -0.2) is 43.6 Å². The van der Waals surface area contributed by atoms with E-state index in [-0.39, 0.29) is 18.6 Å². The molecular weight excluding hydrogens is 328 g/mol. The number of carbonyl (C=O) groups is 1. The van der Waals surface area contributed by atoms with Gasteiger partial charge in [0.05, 0.1) is 0 Å². The topological polar surface area (TPSA) is 50.8 Å². The van der Waals surface area contributed by atoms with E-state index in [1.54, 1.807) is 0 Å². The summed E-state index contributed by atoms with van der Waals surface area (Å²) < 4.78 is 11.6. The van der Waals surface area contributed by atoms with Crippen molar-refractivity contribution in [2.24, 2.45) is 0 Å². The molecule has 0 spiro atoms. The predicted octanol–water partition coefficient (Wildman–Crippen LogP) is 2.85. The lowest BCUT2D eigenvalue weighted by Crippen LogP contribution is -2.45. The Bertz CT molecular complexity index is 699. The van der Waals surface area contributed by atoms with Crippen molar-refractivity contribution in [2.45, 2.75) is 25.5 Å². The molecule has 0 aromatic heterocycles. The highest BCUT2D eigenvalue weighted by Gasteiger charge is 2.22. The van der Waals surface area contributed by atoms with E-state index < -0.39 is 0 Å². The molecule has 1 amide bonds. The largest absolute Gasteiger partial charge is 0.485 e. The maximum Gasteiger partial charge on any atom is 0.260 e. The molecule has 5 nitrogen and oxygen atoms in total. The minimum atomic E-state index is -0.00485. The molecule has 3 rings (SSSR count). The van der Waals surface area contributed by atoms with E-state index in [9.17, 15) is 4.79 Å². The zero-order chi connectivity index (χ0) is 18.2. The van der Waals surface area contributed by atoms with Gasteiger partial charge in [0.2, 0.25) is 0 Å². The molecule has 2 aromatic rings. The third kappa shape index (κ3) is 4.99. The van der Waals surface area contributed by atoms with E-state index in [0.29, 0.717) is 18.1 Å². The van der Waals surface area contributed by atoms with Gasteiger partial charge in [-0.15, -0.1) is 0 Å². The minimum absolute atomic E-state index is 0.00485. The number of para-hydroxylation sites is 2. The lowest BCUT2D eigenvalue weighted by atomic mass is 10.1. The van der Waals surface area contributed by atoms with Gasteiger partial charge in [0.1, 0.15) is 6.61 Å². The van der Waals surface area contributed by atoms with E-state index in [2.05, 4.69) is 5.32 Å². The first kappa shape index (κ1) is 18.3. The van der Waals surface area contributed by atoms with Gasteiger partial charge in [-0.25, -0.2) is 0 Å². The van der Waals surface area contributed by atoms with Crippen LogP contribution in [0.4, 0.5) is 0 Å². The molecule has 1 heterocycles. The Hall–Kier alpha value is -2.53. The number of hydrogen-bond acceptors (Lipinski definition) is 4. The number of benzene rings is 2. The van der Waals surface area contributed by atoms with Crippen molar-refractivity contribution >= 4 is 5.91 Å². The standard InChI is InChI=1S/C21H26N2O3/c1-23(18-11-13-22-14-12-18)21(24)16-26-20-10-6-5-9-19(20)25-15-17-7-3-2-4-8-17/h2-10,18,22H,11-16H2,1H3. The van der Waals surface area contributed by atoms with Gasteiger partial charge in [-0.05, 0) is 43.6 Å². The number of hydrogen-bond donors (Lipinski definition) is 1. The molecule has 1 N–H and O–H groups in total. The van der Waals surface area contributed by atoms with Crippen molar-refractivity contribution in [2.75, 3.05) is 26.7 Å². The van der Waals surface area contributed by atoms with Crippen molar-refractivity contribution < 1.29 is 14.3 Å². The van der Waals surface area contributed by atoms with Crippen molar-refractivity contribution in [3.8, 4) is 11.5 Å². The Labute approximate surface area is 154 Å². The molecule has 5 heteroatoms. The number of amides is 1. The second-order valence-electron chi connectivity index (χ2n) is 6.50.